The van der Waals surface area contributed by atoms with Crippen molar-refractivity contribution in [1.29, 1.82) is 0 Å². The second kappa shape index (κ2) is 8.60. The molecule has 24 heavy (non-hydrogen) atoms. The summed E-state index contributed by atoms with van der Waals surface area (Å²) in [7, 11) is 0. The lowest BCUT2D eigenvalue weighted by Crippen LogP contribution is -2.40. The molecule has 2 N–H and O–H groups in total. The molecule has 7 nitrogen and oxygen atoms in total. The summed E-state index contributed by atoms with van der Waals surface area (Å²) in [6.07, 6.45) is 1.84. The van der Waals surface area contributed by atoms with Gasteiger partial charge in [0, 0.05) is 0 Å². The highest BCUT2D eigenvalue weighted by molar-refractivity contribution is 5.85. The van der Waals surface area contributed by atoms with E-state index in [1.165, 1.54) is 24.3 Å². The highest BCUT2D eigenvalue weighted by Crippen LogP contribution is 2.12. The maximum absolute atomic E-state index is 12.8. The fourth-order valence-electron chi connectivity index (χ4n) is 2.29. The van der Waals surface area contributed by atoms with Gasteiger partial charge < -0.3 is 19.9 Å². The molecule has 1 atom stereocenters. The zero-order valence-corrected chi connectivity index (χ0v) is 13.6. The van der Waals surface area contributed by atoms with Crippen molar-refractivity contribution in [2.24, 2.45) is 0 Å². The molecule has 1 aromatic heterocycles. The van der Waals surface area contributed by atoms with Gasteiger partial charge in [-0.15, -0.1) is 12.4 Å². The zero-order valence-electron chi connectivity index (χ0n) is 12.8. The molecule has 0 bridgehead atoms. The van der Waals surface area contributed by atoms with E-state index in [4.69, 9.17) is 9.26 Å². The number of hydrogen-bond acceptors (Lipinski definition) is 6. The lowest BCUT2D eigenvalue weighted by Gasteiger charge is -2.08. The summed E-state index contributed by atoms with van der Waals surface area (Å²) in [5, 5.41) is 9.64. The number of rotatable bonds is 6. The van der Waals surface area contributed by atoms with Gasteiger partial charge in [-0.3, -0.25) is 4.79 Å². The number of nitrogens with zero attached hydrogens (tertiary/aromatic N) is 2. The molecule has 0 aliphatic carbocycles. The predicted molar refractivity (Wildman–Crippen MR) is 85.1 cm³/mol. The van der Waals surface area contributed by atoms with Crippen LogP contribution in [-0.4, -0.2) is 28.6 Å². The minimum Gasteiger partial charge on any atom is -0.485 e. The monoisotopic (exact) mass is 356 g/mol. The number of aromatic nitrogens is 2. The summed E-state index contributed by atoms with van der Waals surface area (Å²) in [6.45, 7) is 1.15. The van der Waals surface area contributed by atoms with Gasteiger partial charge in [0.25, 0.3) is 0 Å². The van der Waals surface area contributed by atoms with Gasteiger partial charge >= 0.3 is 0 Å². The summed E-state index contributed by atoms with van der Waals surface area (Å²) in [6, 6.07) is 5.52. The third-order valence-corrected chi connectivity index (χ3v) is 3.48. The van der Waals surface area contributed by atoms with Crippen molar-refractivity contribution in [2.75, 3.05) is 6.54 Å². The Morgan fingerprint density at radius 1 is 1.42 bits per heavy atom. The molecule has 1 unspecified atom stereocenters. The number of carbonyl (C=O) groups is 1. The van der Waals surface area contributed by atoms with Gasteiger partial charge in [0.05, 0.1) is 12.6 Å². The highest BCUT2D eigenvalue weighted by atomic mass is 35.5. The molecule has 0 radical (unpaired) electrons. The number of ether oxygens (including phenoxy) is 1. The van der Waals surface area contributed by atoms with Crippen LogP contribution in [0.1, 0.15) is 24.6 Å². The average molecular weight is 357 g/mol. The van der Waals surface area contributed by atoms with Crippen molar-refractivity contribution >= 4 is 18.3 Å². The fourth-order valence-corrected chi connectivity index (χ4v) is 2.29. The van der Waals surface area contributed by atoms with Crippen LogP contribution in [-0.2, 0) is 17.9 Å². The molecule has 9 heteroatoms. The van der Waals surface area contributed by atoms with Crippen LogP contribution in [0.4, 0.5) is 4.39 Å². The average Bonchev–Trinajstić information content (AvgIpc) is 3.24. The minimum absolute atomic E-state index is 0. The van der Waals surface area contributed by atoms with E-state index in [1.807, 2.05) is 0 Å². The molecule has 1 saturated heterocycles. The van der Waals surface area contributed by atoms with Crippen LogP contribution < -0.4 is 15.4 Å². The summed E-state index contributed by atoms with van der Waals surface area (Å²) in [4.78, 5) is 16.0. The van der Waals surface area contributed by atoms with Crippen LogP contribution in [0.25, 0.3) is 0 Å². The van der Waals surface area contributed by atoms with Crippen LogP contribution in [0.3, 0.4) is 0 Å². The lowest BCUT2D eigenvalue weighted by atomic mass is 10.2. The number of benzene rings is 1. The van der Waals surface area contributed by atoms with E-state index >= 15 is 0 Å². The normalized spacial score (nSPS) is 16.5. The Morgan fingerprint density at radius 3 is 2.92 bits per heavy atom. The molecular formula is C15H18ClFN4O3. The van der Waals surface area contributed by atoms with Crippen LogP contribution in [0.2, 0.25) is 0 Å². The van der Waals surface area contributed by atoms with E-state index in [1.54, 1.807) is 0 Å². The molecular weight excluding hydrogens is 339 g/mol. The Labute approximate surface area is 144 Å². The Kier molecular flexibility index (Phi) is 6.51. The molecule has 1 aliphatic rings. The van der Waals surface area contributed by atoms with E-state index < -0.39 is 0 Å². The fraction of sp³-hybridized carbons (Fsp3) is 0.400. The molecule has 2 aromatic rings. The first-order chi connectivity index (χ1) is 11.2. The number of nitrogens with one attached hydrogen (secondary N) is 2. The molecule has 0 saturated carbocycles. The van der Waals surface area contributed by atoms with Crippen molar-refractivity contribution in [3.8, 4) is 5.75 Å². The summed E-state index contributed by atoms with van der Waals surface area (Å²) in [5.74, 6) is 0.793. The molecule has 3 rings (SSSR count). The van der Waals surface area contributed by atoms with Gasteiger partial charge in [0.1, 0.15) is 11.6 Å². The van der Waals surface area contributed by atoms with Gasteiger partial charge in [0.15, 0.2) is 6.61 Å². The highest BCUT2D eigenvalue weighted by Gasteiger charge is 2.22. The molecule has 1 amide bonds. The summed E-state index contributed by atoms with van der Waals surface area (Å²) >= 11 is 0. The minimum atomic E-state index is -0.327. The smallest absolute Gasteiger partial charge is 0.246 e. The van der Waals surface area contributed by atoms with Crippen molar-refractivity contribution in [1.82, 2.24) is 20.8 Å². The van der Waals surface area contributed by atoms with Crippen molar-refractivity contribution in [2.45, 2.75) is 32.0 Å². The second-order valence-corrected chi connectivity index (χ2v) is 5.21. The molecule has 0 spiro atoms. The second-order valence-electron chi connectivity index (χ2n) is 5.21. The Morgan fingerprint density at radius 2 is 2.21 bits per heavy atom. The van der Waals surface area contributed by atoms with Crippen molar-refractivity contribution < 1.29 is 18.4 Å². The Bertz CT molecular complexity index is 659. The van der Waals surface area contributed by atoms with Crippen molar-refractivity contribution in [3.05, 3.63) is 41.8 Å². The predicted octanol–water partition coefficient (Wildman–Crippen LogP) is 1.58. The third-order valence-electron chi connectivity index (χ3n) is 3.48. The first kappa shape index (κ1) is 18.2. The number of carbonyl (C=O) groups excluding carboxylic acids is 1. The topological polar surface area (TPSA) is 89.3 Å². The van der Waals surface area contributed by atoms with Gasteiger partial charge in [-0.2, -0.15) is 4.98 Å². The number of hydrogen-bond donors (Lipinski definition) is 2. The number of amides is 1. The van der Waals surface area contributed by atoms with E-state index in [9.17, 15) is 9.18 Å². The van der Waals surface area contributed by atoms with Gasteiger partial charge in [-0.1, -0.05) is 5.16 Å². The zero-order chi connectivity index (χ0) is 16.1. The van der Waals surface area contributed by atoms with E-state index in [2.05, 4.69) is 20.8 Å². The maximum Gasteiger partial charge on any atom is 0.246 e. The van der Waals surface area contributed by atoms with E-state index in [0.29, 0.717) is 17.5 Å². The lowest BCUT2D eigenvalue weighted by molar-refractivity contribution is -0.123. The first-order valence-electron chi connectivity index (χ1n) is 7.41. The van der Waals surface area contributed by atoms with Crippen LogP contribution in [0.15, 0.2) is 28.8 Å². The first-order valence-corrected chi connectivity index (χ1v) is 7.41. The molecule has 1 fully saturated rings. The Balaban J connectivity index is 0.00000208. The van der Waals surface area contributed by atoms with Crippen LogP contribution >= 0.6 is 12.4 Å². The van der Waals surface area contributed by atoms with Crippen LogP contribution in [0.5, 0.6) is 5.75 Å². The molecule has 130 valence electrons. The maximum atomic E-state index is 12.8. The molecule has 2 heterocycles. The summed E-state index contributed by atoms with van der Waals surface area (Å²) < 4.78 is 23.2. The van der Waals surface area contributed by atoms with Crippen LogP contribution in [0, 0.1) is 5.82 Å². The van der Waals surface area contributed by atoms with Crippen molar-refractivity contribution in [3.63, 3.8) is 0 Å². The molecule has 1 aromatic carbocycles. The molecule has 1 aliphatic heterocycles. The van der Waals surface area contributed by atoms with Gasteiger partial charge in [-0.05, 0) is 43.7 Å². The summed E-state index contributed by atoms with van der Waals surface area (Å²) in [5.41, 5.74) is 0. The third kappa shape index (κ3) is 4.90. The van der Waals surface area contributed by atoms with Gasteiger partial charge in [-0.25, -0.2) is 4.39 Å². The largest absolute Gasteiger partial charge is 0.485 e. The van der Waals surface area contributed by atoms with E-state index in [0.717, 1.165) is 19.4 Å². The standard InChI is InChI=1S/C15H17FN4O3.ClH/c16-10-3-5-11(6-4-10)22-9-13-19-14(23-20-13)8-18-15(21)12-2-1-7-17-12;/h3-6,12,17H,1-2,7-9H2,(H,18,21);1H. The number of halogens is 2. The SMILES string of the molecule is Cl.O=C(NCc1nc(COc2ccc(F)cc2)no1)C1CCCN1. The van der Waals surface area contributed by atoms with Gasteiger partial charge in [0.2, 0.25) is 17.6 Å². The Hall–Kier alpha value is -2.19. The van der Waals surface area contributed by atoms with E-state index in [-0.39, 0.29) is 43.3 Å². The quantitative estimate of drug-likeness (QED) is 0.816.